The molecule has 3 heterocycles. The van der Waals surface area contributed by atoms with Gasteiger partial charge in [-0.2, -0.15) is 0 Å². The molecule has 2 aromatic carbocycles. The first kappa shape index (κ1) is 24.0. The summed E-state index contributed by atoms with van der Waals surface area (Å²) >= 11 is 0. The highest BCUT2D eigenvalue weighted by atomic mass is 16.5. The molecule has 6 nitrogen and oxygen atoms in total. The minimum atomic E-state index is -0.475. The summed E-state index contributed by atoms with van der Waals surface area (Å²) < 4.78 is 21.4. The zero-order valence-electron chi connectivity index (χ0n) is 21.5. The molecule has 0 spiro atoms. The molecule has 188 valence electrons. The van der Waals surface area contributed by atoms with Crippen molar-refractivity contribution in [2.75, 3.05) is 14.2 Å². The predicted octanol–water partition coefficient (Wildman–Crippen LogP) is 6.89. The fraction of sp³-hybridized carbons (Fsp3) is 0.367. The Balaban J connectivity index is 1.61. The Bertz CT molecular complexity index is 1440. The maximum Gasteiger partial charge on any atom is 0.322 e. The quantitative estimate of drug-likeness (QED) is 0.229. The Morgan fingerprint density at radius 1 is 0.833 bits per heavy atom. The molecule has 4 aromatic rings. The minimum Gasteiger partial charge on any atom is -0.497 e. The van der Waals surface area contributed by atoms with E-state index in [1.165, 1.54) is 0 Å². The van der Waals surface area contributed by atoms with Crippen molar-refractivity contribution in [2.24, 2.45) is 0 Å². The molecule has 0 saturated heterocycles. The van der Waals surface area contributed by atoms with Gasteiger partial charge in [0, 0.05) is 52.9 Å². The Kier molecular flexibility index (Phi) is 6.77. The lowest BCUT2D eigenvalue weighted by Gasteiger charge is -2.05. The molecule has 0 aliphatic carbocycles. The predicted molar refractivity (Wildman–Crippen MR) is 144 cm³/mol. The van der Waals surface area contributed by atoms with E-state index in [9.17, 15) is 4.79 Å². The number of carbonyl (C=O) groups excluding carboxylic acids is 1. The molecule has 5 rings (SSSR count). The molecule has 0 amide bonds. The third kappa shape index (κ3) is 4.25. The lowest BCUT2D eigenvalue weighted by molar-refractivity contribution is -0.135. The van der Waals surface area contributed by atoms with E-state index in [1.807, 2.05) is 30.3 Å². The molecule has 1 unspecified atom stereocenters. The summed E-state index contributed by atoms with van der Waals surface area (Å²) in [5.41, 5.74) is 4.09. The number of unbranched alkanes of at least 4 members (excludes halogenated alkanes) is 2. The molecule has 1 atom stereocenters. The van der Waals surface area contributed by atoms with E-state index < -0.39 is 5.92 Å². The number of nitrogens with zero attached hydrogens (tertiary/aromatic N) is 2. The second-order valence-electron chi connectivity index (χ2n) is 9.42. The minimum absolute atomic E-state index is 0.250. The van der Waals surface area contributed by atoms with Crippen LogP contribution in [-0.2, 0) is 22.6 Å². The largest absolute Gasteiger partial charge is 0.497 e. The van der Waals surface area contributed by atoms with Gasteiger partial charge in [0.25, 0.3) is 0 Å². The summed E-state index contributed by atoms with van der Waals surface area (Å²) in [6.45, 7) is 6.19. The number of benzene rings is 2. The zero-order valence-corrected chi connectivity index (χ0v) is 21.5. The summed E-state index contributed by atoms with van der Waals surface area (Å²) in [5.74, 6) is 1.44. The second-order valence-corrected chi connectivity index (χ2v) is 9.42. The molecule has 36 heavy (non-hydrogen) atoms. The van der Waals surface area contributed by atoms with Crippen molar-refractivity contribution in [3.63, 3.8) is 0 Å². The molecule has 0 N–H and O–H groups in total. The molecule has 2 aromatic heterocycles. The number of fused-ring (bicyclic) bond motifs is 2. The van der Waals surface area contributed by atoms with Crippen molar-refractivity contribution >= 4 is 33.5 Å². The number of aryl methyl sites for hydroxylation is 2. The van der Waals surface area contributed by atoms with Crippen molar-refractivity contribution in [2.45, 2.75) is 58.5 Å². The number of esters is 1. The smallest absolute Gasteiger partial charge is 0.322 e. The molecular weight excluding hydrogens is 452 g/mol. The van der Waals surface area contributed by atoms with Crippen LogP contribution < -0.4 is 9.47 Å². The van der Waals surface area contributed by atoms with Crippen LogP contribution in [0, 0.1) is 0 Å². The van der Waals surface area contributed by atoms with Crippen LogP contribution >= 0.6 is 0 Å². The number of ether oxygens (including phenoxy) is 3. The molecule has 1 aliphatic heterocycles. The van der Waals surface area contributed by atoms with Gasteiger partial charge in [-0.05, 0) is 60.9 Å². The van der Waals surface area contributed by atoms with Crippen molar-refractivity contribution in [3.05, 3.63) is 66.0 Å². The maximum absolute atomic E-state index is 13.3. The number of hydrogen-bond donors (Lipinski definition) is 0. The fourth-order valence-corrected chi connectivity index (χ4v) is 5.09. The monoisotopic (exact) mass is 486 g/mol. The number of methoxy groups -OCH3 is 2. The highest BCUT2D eigenvalue weighted by molar-refractivity contribution is 6.01. The zero-order chi connectivity index (χ0) is 25.2. The van der Waals surface area contributed by atoms with Gasteiger partial charge in [-0.15, -0.1) is 0 Å². The van der Waals surface area contributed by atoms with Crippen molar-refractivity contribution in [1.82, 2.24) is 9.13 Å². The lowest BCUT2D eigenvalue weighted by atomic mass is 9.98. The van der Waals surface area contributed by atoms with Crippen LogP contribution in [-0.4, -0.2) is 29.3 Å². The van der Waals surface area contributed by atoms with Crippen molar-refractivity contribution < 1.29 is 19.0 Å². The van der Waals surface area contributed by atoms with Gasteiger partial charge in [-0.3, -0.25) is 4.79 Å². The van der Waals surface area contributed by atoms with Crippen LogP contribution in [0.2, 0.25) is 0 Å². The summed E-state index contributed by atoms with van der Waals surface area (Å²) in [5, 5.41) is 2.05. The Morgan fingerprint density at radius 3 is 2.03 bits per heavy atom. The first-order valence-electron chi connectivity index (χ1n) is 12.9. The SMILES string of the molecule is CCCCn1cc(C2=CC(c3cn(CCCC)c4ccc(OC)cc34)C(=O)O2)c2cc(OC)ccc21. The van der Waals surface area contributed by atoms with Crippen molar-refractivity contribution in [3.8, 4) is 11.5 Å². The highest BCUT2D eigenvalue weighted by Gasteiger charge is 2.33. The van der Waals surface area contributed by atoms with Gasteiger partial charge in [0.2, 0.25) is 0 Å². The molecular formula is C30H34N2O4. The van der Waals surface area contributed by atoms with Gasteiger partial charge in [-0.1, -0.05) is 26.7 Å². The summed E-state index contributed by atoms with van der Waals surface area (Å²) in [7, 11) is 3.34. The fourth-order valence-electron chi connectivity index (χ4n) is 5.09. The standard InChI is InChI=1S/C30H34N2O4/c1-5-7-13-31-18-25(22-15-20(34-3)9-11-27(22)31)24-17-29(36-30(24)33)26-19-32(14-8-6-2)28-12-10-21(35-4)16-23(26)28/h9-12,15-19,24H,5-8,13-14H2,1-4H3. The Labute approximate surface area is 212 Å². The first-order chi connectivity index (χ1) is 17.6. The molecule has 0 radical (unpaired) electrons. The van der Waals surface area contributed by atoms with E-state index in [1.54, 1.807) is 14.2 Å². The van der Waals surface area contributed by atoms with Crippen LogP contribution in [0.3, 0.4) is 0 Å². The van der Waals surface area contributed by atoms with E-state index >= 15 is 0 Å². The summed E-state index contributed by atoms with van der Waals surface area (Å²) in [4.78, 5) is 13.3. The Hall–Kier alpha value is -3.67. The van der Waals surface area contributed by atoms with Gasteiger partial charge >= 0.3 is 5.97 Å². The summed E-state index contributed by atoms with van der Waals surface area (Å²) in [6.07, 6.45) is 10.6. The second kappa shape index (κ2) is 10.1. The third-order valence-corrected chi connectivity index (χ3v) is 7.10. The first-order valence-corrected chi connectivity index (χ1v) is 12.9. The molecule has 0 fully saturated rings. The average Bonchev–Trinajstić information content (AvgIpc) is 3.58. The van der Waals surface area contributed by atoms with E-state index in [-0.39, 0.29) is 5.97 Å². The maximum atomic E-state index is 13.3. The van der Waals surface area contributed by atoms with Crippen LogP contribution in [0.15, 0.2) is 54.9 Å². The van der Waals surface area contributed by atoms with E-state index in [0.29, 0.717) is 5.76 Å². The van der Waals surface area contributed by atoms with Crippen LogP contribution in [0.4, 0.5) is 0 Å². The lowest BCUT2D eigenvalue weighted by Crippen LogP contribution is -2.06. The molecule has 1 aliphatic rings. The molecule has 0 bridgehead atoms. The molecule has 6 heteroatoms. The van der Waals surface area contributed by atoms with E-state index in [4.69, 9.17) is 14.2 Å². The van der Waals surface area contributed by atoms with Gasteiger partial charge < -0.3 is 23.3 Å². The van der Waals surface area contributed by atoms with Gasteiger partial charge in [0.05, 0.1) is 14.2 Å². The normalized spacial score (nSPS) is 15.5. The van der Waals surface area contributed by atoms with E-state index in [2.05, 4.69) is 47.5 Å². The van der Waals surface area contributed by atoms with E-state index in [0.717, 1.165) is 83.2 Å². The molecule has 0 saturated carbocycles. The summed E-state index contributed by atoms with van der Waals surface area (Å²) in [6, 6.07) is 12.2. The van der Waals surface area contributed by atoms with Crippen LogP contribution in [0.5, 0.6) is 11.5 Å². The topological polar surface area (TPSA) is 54.6 Å². The van der Waals surface area contributed by atoms with Gasteiger partial charge in [0.15, 0.2) is 0 Å². The number of carbonyl (C=O) groups is 1. The number of rotatable bonds is 10. The number of hydrogen-bond acceptors (Lipinski definition) is 4. The number of cyclic esters (lactones) is 1. The van der Waals surface area contributed by atoms with Crippen molar-refractivity contribution in [1.29, 1.82) is 0 Å². The Morgan fingerprint density at radius 2 is 1.42 bits per heavy atom. The van der Waals surface area contributed by atoms with Crippen LogP contribution in [0.1, 0.15) is 56.6 Å². The van der Waals surface area contributed by atoms with Crippen LogP contribution in [0.25, 0.3) is 27.6 Å². The van der Waals surface area contributed by atoms with Gasteiger partial charge in [0.1, 0.15) is 23.2 Å². The van der Waals surface area contributed by atoms with Gasteiger partial charge in [-0.25, -0.2) is 0 Å². The average molecular weight is 487 g/mol. The highest BCUT2D eigenvalue weighted by Crippen LogP contribution is 2.41. The number of aromatic nitrogens is 2. The third-order valence-electron chi connectivity index (χ3n) is 7.10.